The number of benzene rings is 1. The van der Waals surface area contributed by atoms with Crippen LogP contribution in [-0.2, 0) is 18.3 Å². The molecule has 1 fully saturated rings. The zero-order valence-corrected chi connectivity index (χ0v) is 12.3. The van der Waals surface area contributed by atoms with Crippen molar-refractivity contribution in [1.82, 2.24) is 14.5 Å². The van der Waals surface area contributed by atoms with E-state index in [1.807, 2.05) is 25.2 Å². The van der Waals surface area contributed by atoms with E-state index in [0.29, 0.717) is 6.54 Å². The summed E-state index contributed by atoms with van der Waals surface area (Å²) < 4.78 is 2.13. The first kappa shape index (κ1) is 14.1. The van der Waals surface area contributed by atoms with Crippen LogP contribution in [0.1, 0.15) is 18.7 Å². The normalized spacial score (nSPS) is 20.0. The maximum Gasteiger partial charge on any atom is 0.307 e. The highest BCUT2D eigenvalue weighted by Crippen LogP contribution is 2.18. The maximum absolute atomic E-state index is 11.1. The van der Waals surface area contributed by atoms with E-state index in [-0.39, 0.29) is 5.92 Å². The van der Waals surface area contributed by atoms with Crippen molar-refractivity contribution >= 4 is 17.0 Å². The van der Waals surface area contributed by atoms with E-state index in [9.17, 15) is 4.79 Å². The molecule has 21 heavy (non-hydrogen) atoms. The summed E-state index contributed by atoms with van der Waals surface area (Å²) in [6.45, 7) is 2.54. The fraction of sp³-hybridized carbons (Fsp3) is 0.500. The molecule has 2 heterocycles. The largest absolute Gasteiger partial charge is 0.481 e. The van der Waals surface area contributed by atoms with Crippen LogP contribution in [0.4, 0.5) is 0 Å². The molecule has 1 N–H and O–H groups in total. The highest BCUT2D eigenvalue weighted by atomic mass is 16.4. The lowest BCUT2D eigenvalue weighted by atomic mass is 9.98. The van der Waals surface area contributed by atoms with E-state index >= 15 is 0 Å². The fourth-order valence-corrected chi connectivity index (χ4v) is 3.14. The van der Waals surface area contributed by atoms with E-state index in [4.69, 9.17) is 5.11 Å². The number of imidazole rings is 1. The van der Waals surface area contributed by atoms with Gasteiger partial charge in [-0.2, -0.15) is 0 Å². The molecule has 112 valence electrons. The number of carboxylic acids is 1. The van der Waals surface area contributed by atoms with Gasteiger partial charge in [0.05, 0.1) is 17.0 Å². The number of aryl methyl sites for hydroxylation is 1. The van der Waals surface area contributed by atoms with Gasteiger partial charge in [-0.05, 0) is 31.5 Å². The summed E-state index contributed by atoms with van der Waals surface area (Å²) in [5, 5.41) is 9.14. The Hall–Kier alpha value is -1.88. The van der Waals surface area contributed by atoms with Gasteiger partial charge in [0.15, 0.2) is 0 Å². The van der Waals surface area contributed by atoms with Crippen molar-refractivity contribution in [2.45, 2.75) is 19.3 Å². The average Bonchev–Trinajstić information content (AvgIpc) is 2.82. The number of hydrogen-bond donors (Lipinski definition) is 1. The van der Waals surface area contributed by atoms with Gasteiger partial charge >= 0.3 is 5.97 Å². The maximum atomic E-state index is 11.1. The molecule has 1 saturated heterocycles. The van der Waals surface area contributed by atoms with Crippen LogP contribution in [0.2, 0.25) is 0 Å². The average molecular weight is 287 g/mol. The minimum absolute atomic E-state index is 0.209. The van der Waals surface area contributed by atoms with Crippen LogP contribution in [0.15, 0.2) is 24.3 Å². The van der Waals surface area contributed by atoms with Gasteiger partial charge in [-0.25, -0.2) is 4.98 Å². The van der Waals surface area contributed by atoms with Crippen LogP contribution in [0, 0.1) is 5.92 Å². The Balaban J connectivity index is 1.66. The van der Waals surface area contributed by atoms with Gasteiger partial charge in [0.1, 0.15) is 5.82 Å². The molecule has 0 saturated carbocycles. The van der Waals surface area contributed by atoms with E-state index < -0.39 is 5.97 Å². The molecule has 3 rings (SSSR count). The first-order valence-corrected chi connectivity index (χ1v) is 7.50. The number of nitrogens with zero attached hydrogens (tertiary/aromatic N) is 3. The van der Waals surface area contributed by atoms with Crippen molar-refractivity contribution < 1.29 is 9.90 Å². The van der Waals surface area contributed by atoms with Crippen LogP contribution in [0.3, 0.4) is 0 Å². The summed E-state index contributed by atoms with van der Waals surface area (Å²) >= 11 is 0. The minimum Gasteiger partial charge on any atom is -0.481 e. The molecule has 0 spiro atoms. The number of carboxylic acid groups (broad SMARTS) is 1. The second kappa shape index (κ2) is 5.85. The molecular formula is C16H21N3O2. The van der Waals surface area contributed by atoms with Crippen LogP contribution in [-0.4, -0.2) is 45.2 Å². The van der Waals surface area contributed by atoms with E-state index in [1.165, 1.54) is 0 Å². The smallest absolute Gasteiger partial charge is 0.307 e. The number of carbonyl (C=O) groups is 1. The number of para-hydroxylation sites is 2. The summed E-state index contributed by atoms with van der Waals surface area (Å²) in [5.41, 5.74) is 2.17. The topological polar surface area (TPSA) is 58.4 Å². The highest BCUT2D eigenvalue weighted by Gasteiger charge is 2.25. The second-order valence-electron chi connectivity index (χ2n) is 5.80. The highest BCUT2D eigenvalue weighted by molar-refractivity contribution is 5.75. The molecule has 1 aromatic heterocycles. The number of hydrogen-bond acceptors (Lipinski definition) is 3. The Kier molecular flexibility index (Phi) is 3.92. The van der Waals surface area contributed by atoms with Crippen LogP contribution in [0.25, 0.3) is 11.0 Å². The first-order chi connectivity index (χ1) is 10.1. The fourth-order valence-electron chi connectivity index (χ4n) is 3.14. The molecule has 1 aliphatic heterocycles. The van der Waals surface area contributed by atoms with Gasteiger partial charge in [0.25, 0.3) is 0 Å². The van der Waals surface area contributed by atoms with E-state index in [1.54, 1.807) is 0 Å². The van der Waals surface area contributed by atoms with Crippen molar-refractivity contribution in [2.24, 2.45) is 13.0 Å². The van der Waals surface area contributed by atoms with Crippen molar-refractivity contribution in [2.75, 3.05) is 19.6 Å². The number of fused-ring (bicyclic) bond motifs is 1. The Bertz CT molecular complexity index is 650. The molecular weight excluding hydrogens is 266 g/mol. The second-order valence-corrected chi connectivity index (χ2v) is 5.80. The molecule has 1 unspecified atom stereocenters. The van der Waals surface area contributed by atoms with Crippen LogP contribution >= 0.6 is 0 Å². The molecule has 5 nitrogen and oxygen atoms in total. The lowest BCUT2D eigenvalue weighted by Crippen LogP contribution is -2.39. The lowest BCUT2D eigenvalue weighted by molar-refractivity contribution is -0.143. The molecule has 1 atom stereocenters. The van der Waals surface area contributed by atoms with Crippen LogP contribution < -0.4 is 0 Å². The molecule has 1 aromatic carbocycles. The van der Waals surface area contributed by atoms with Crippen molar-refractivity contribution in [3.8, 4) is 0 Å². The number of likely N-dealkylation sites (tertiary alicyclic amines) is 1. The Morgan fingerprint density at radius 1 is 1.43 bits per heavy atom. The van der Waals surface area contributed by atoms with Crippen LogP contribution in [0.5, 0.6) is 0 Å². The third-order valence-corrected chi connectivity index (χ3v) is 4.39. The van der Waals surface area contributed by atoms with E-state index in [0.717, 1.165) is 49.2 Å². The Morgan fingerprint density at radius 3 is 3.00 bits per heavy atom. The molecule has 1 aliphatic rings. The summed E-state index contributed by atoms with van der Waals surface area (Å²) in [5.74, 6) is 0.190. The third kappa shape index (κ3) is 2.93. The quantitative estimate of drug-likeness (QED) is 0.933. The minimum atomic E-state index is -0.664. The molecule has 5 heteroatoms. The standard InChI is InChI=1S/C16H21N3O2/c1-18-14-7-3-2-6-13(14)17-15(18)8-10-19-9-4-5-12(11-19)16(20)21/h2-3,6-7,12H,4-5,8-11H2,1H3,(H,20,21). The monoisotopic (exact) mass is 287 g/mol. The number of aliphatic carboxylic acids is 1. The molecule has 0 bridgehead atoms. The predicted molar refractivity (Wildman–Crippen MR) is 81.2 cm³/mol. The molecule has 0 radical (unpaired) electrons. The van der Waals surface area contributed by atoms with Crippen molar-refractivity contribution in [3.63, 3.8) is 0 Å². The van der Waals surface area contributed by atoms with Crippen molar-refractivity contribution in [3.05, 3.63) is 30.1 Å². The zero-order valence-electron chi connectivity index (χ0n) is 12.3. The van der Waals surface area contributed by atoms with Gasteiger partial charge < -0.3 is 14.6 Å². The van der Waals surface area contributed by atoms with Gasteiger partial charge in [0, 0.05) is 26.6 Å². The molecule has 2 aromatic rings. The molecule has 0 aliphatic carbocycles. The SMILES string of the molecule is Cn1c(CCN2CCCC(C(=O)O)C2)nc2ccccc21. The lowest BCUT2D eigenvalue weighted by Gasteiger charge is -2.30. The first-order valence-electron chi connectivity index (χ1n) is 7.50. The summed E-state index contributed by atoms with van der Waals surface area (Å²) in [6, 6.07) is 8.13. The number of rotatable bonds is 4. The summed E-state index contributed by atoms with van der Waals surface area (Å²) in [7, 11) is 2.04. The summed E-state index contributed by atoms with van der Waals surface area (Å²) in [6.07, 6.45) is 2.63. The third-order valence-electron chi connectivity index (χ3n) is 4.39. The van der Waals surface area contributed by atoms with Gasteiger partial charge in [0.2, 0.25) is 0 Å². The van der Waals surface area contributed by atoms with E-state index in [2.05, 4.69) is 20.5 Å². The van der Waals surface area contributed by atoms with Gasteiger partial charge in [-0.1, -0.05) is 12.1 Å². The van der Waals surface area contributed by atoms with Gasteiger partial charge in [-0.3, -0.25) is 4.79 Å². The Morgan fingerprint density at radius 2 is 2.24 bits per heavy atom. The number of piperidine rings is 1. The zero-order chi connectivity index (χ0) is 14.8. The predicted octanol–water partition coefficient (Wildman–Crippen LogP) is 1.91. The number of aromatic nitrogens is 2. The van der Waals surface area contributed by atoms with Gasteiger partial charge in [-0.15, -0.1) is 0 Å². The van der Waals surface area contributed by atoms with Crippen molar-refractivity contribution in [1.29, 1.82) is 0 Å². The molecule has 0 amide bonds. The summed E-state index contributed by atoms with van der Waals surface area (Å²) in [4.78, 5) is 18.0. The Labute approximate surface area is 124 Å².